The molecule has 1 aliphatic rings. The summed E-state index contributed by atoms with van der Waals surface area (Å²) >= 11 is 3.49. The van der Waals surface area contributed by atoms with Crippen LogP contribution in [0.4, 0.5) is 0 Å². The lowest BCUT2D eigenvalue weighted by atomic mass is 10.0. The van der Waals surface area contributed by atoms with Gasteiger partial charge in [0.05, 0.1) is 4.60 Å². The monoisotopic (exact) mass is 275 g/mol. The maximum absolute atomic E-state index is 3.49. The van der Waals surface area contributed by atoms with Crippen LogP contribution in [0.25, 0.3) is 11.3 Å². The molecule has 0 spiro atoms. The highest BCUT2D eigenvalue weighted by Crippen LogP contribution is 2.30. The lowest BCUT2D eigenvalue weighted by molar-refractivity contribution is 0.912. The summed E-state index contributed by atoms with van der Waals surface area (Å²) < 4.78 is 1.06. The van der Waals surface area contributed by atoms with E-state index in [-0.39, 0.29) is 0 Å². The zero-order chi connectivity index (χ0) is 11.1. The second-order valence-electron chi connectivity index (χ2n) is 4.51. The van der Waals surface area contributed by atoms with Crippen molar-refractivity contribution in [2.45, 2.75) is 26.2 Å². The highest BCUT2D eigenvalue weighted by Gasteiger charge is 2.13. The third-order valence-corrected chi connectivity index (χ3v) is 3.80. The van der Waals surface area contributed by atoms with Crippen molar-refractivity contribution < 1.29 is 0 Å². The summed E-state index contributed by atoms with van der Waals surface area (Å²) in [5.41, 5.74) is 6.91. The summed E-state index contributed by atoms with van der Waals surface area (Å²) in [6, 6.07) is 8.98. The van der Waals surface area contributed by atoms with Crippen molar-refractivity contribution in [1.29, 1.82) is 0 Å². The van der Waals surface area contributed by atoms with E-state index < -0.39 is 0 Å². The summed E-state index contributed by atoms with van der Waals surface area (Å²) in [6.07, 6.45) is 3.80. The Balaban J connectivity index is 2.10. The van der Waals surface area contributed by atoms with Gasteiger partial charge >= 0.3 is 0 Å². The zero-order valence-electron chi connectivity index (χ0n) is 9.31. The van der Waals surface area contributed by atoms with Crippen molar-refractivity contribution in [3.05, 3.63) is 45.6 Å². The van der Waals surface area contributed by atoms with Crippen molar-refractivity contribution in [3.63, 3.8) is 0 Å². The first-order valence-electron chi connectivity index (χ1n) is 5.71. The van der Waals surface area contributed by atoms with Crippen molar-refractivity contribution in [3.8, 4) is 11.3 Å². The van der Waals surface area contributed by atoms with Crippen LogP contribution in [0.2, 0.25) is 0 Å². The van der Waals surface area contributed by atoms with Crippen LogP contribution in [-0.2, 0) is 12.8 Å². The van der Waals surface area contributed by atoms with E-state index in [0.29, 0.717) is 0 Å². The maximum atomic E-state index is 3.49. The van der Waals surface area contributed by atoms with Gasteiger partial charge in [-0.25, -0.2) is 0 Å². The Labute approximate surface area is 104 Å². The lowest BCUT2D eigenvalue weighted by Crippen LogP contribution is -1.86. The second kappa shape index (κ2) is 3.77. The van der Waals surface area contributed by atoms with Crippen LogP contribution in [0.5, 0.6) is 0 Å². The van der Waals surface area contributed by atoms with Crippen LogP contribution in [0.15, 0.2) is 28.9 Å². The van der Waals surface area contributed by atoms with Crippen molar-refractivity contribution in [1.82, 2.24) is 4.98 Å². The molecule has 0 amide bonds. The van der Waals surface area contributed by atoms with E-state index in [2.05, 4.69) is 52.1 Å². The minimum atomic E-state index is 1.06. The molecule has 0 unspecified atom stereocenters. The Morgan fingerprint density at radius 2 is 1.94 bits per heavy atom. The number of aryl methyl sites for hydroxylation is 3. The largest absolute Gasteiger partial charge is 0.349 e. The number of H-pyrrole nitrogens is 1. The molecular weight excluding hydrogens is 262 g/mol. The zero-order valence-corrected chi connectivity index (χ0v) is 10.9. The van der Waals surface area contributed by atoms with Crippen LogP contribution < -0.4 is 0 Å². The fourth-order valence-electron chi connectivity index (χ4n) is 2.54. The third-order valence-electron chi connectivity index (χ3n) is 3.37. The average molecular weight is 276 g/mol. The number of fused-ring (bicyclic) bond motifs is 1. The number of rotatable bonds is 1. The van der Waals surface area contributed by atoms with Gasteiger partial charge in [0.2, 0.25) is 0 Å². The smallest absolute Gasteiger partial charge is 0.0827 e. The van der Waals surface area contributed by atoms with Gasteiger partial charge in [-0.05, 0) is 76.5 Å². The number of hydrogen-bond donors (Lipinski definition) is 1. The number of benzene rings is 1. The van der Waals surface area contributed by atoms with E-state index in [9.17, 15) is 0 Å². The number of aromatic amines is 1. The molecule has 1 nitrogen and oxygen atoms in total. The van der Waals surface area contributed by atoms with Crippen LogP contribution in [0, 0.1) is 6.92 Å². The molecule has 1 aliphatic carbocycles. The third kappa shape index (κ3) is 1.61. The molecule has 0 fully saturated rings. The van der Waals surface area contributed by atoms with Crippen LogP contribution in [0.1, 0.15) is 23.1 Å². The normalized spacial score (nSPS) is 14.1. The molecule has 1 heterocycles. The fourth-order valence-corrected chi connectivity index (χ4v) is 3.09. The summed E-state index contributed by atoms with van der Waals surface area (Å²) in [4.78, 5) is 3.37. The first-order valence-corrected chi connectivity index (χ1v) is 6.50. The minimum absolute atomic E-state index is 1.06. The minimum Gasteiger partial charge on any atom is -0.349 e. The Morgan fingerprint density at radius 1 is 1.12 bits per heavy atom. The van der Waals surface area contributed by atoms with Gasteiger partial charge in [-0.1, -0.05) is 12.1 Å². The molecule has 1 aromatic carbocycles. The van der Waals surface area contributed by atoms with Crippen molar-refractivity contribution in [2.75, 3.05) is 0 Å². The standard InChI is InChI=1S/C14H14BrN/c1-9-7-13(15)16-14(9)12-6-5-10-3-2-4-11(10)8-12/h5-8,16H,2-4H2,1H3. The van der Waals surface area contributed by atoms with Gasteiger partial charge in [-0.3, -0.25) is 0 Å². The summed E-state index contributed by atoms with van der Waals surface area (Å²) in [7, 11) is 0. The second-order valence-corrected chi connectivity index (χ2v) is 5.37. The first kappa shape index (κ1) is 10.2. The highest BCUT2D eigenvalue weighted by molar-refractivity contribution is 9.10. The molecule has 0 aliphatic heterocycles. The molecule has 1 N–H and O–H groups in total. The van der Waals surface area contributed by atoms with E-state index >= 15 is 0 Å². The Bertz CT molecular complexity index is 540. The van der Waals surface area contributed by atoms with E-state index in [1.165, 1.54) is 47.2 Å². The molecule has 0 bridgehead atoms. The van der Waals surface area contributed by atoms with Gasteiger partial charge in [-0.15, -0.1) is 0 Å². The number of aromatic nitrogens is 1. The molecule has 82 valence electrons. The predicted molar refractivity (Wildman–Crippen MR) is 70.7 cm³/mol. The topological polar surface area (TPSA) is 15.8 Å². The van der Waals surface area contributed by atoms with Crippen LogP contribution in [0.3, 0.4) is 0 Å². The predicted octanol–water partition coefficient (Wildman–Crippen LogP) is 4.24. The average Bonchev–Trinajstić information content (AvgIpc) is 2.83. The van der Waals surface area contributed by atoms with Gasteiger partial charge in [0.1, 0.15) is 0 Å². The van der Waals surface area contributed by atoms with Crippen LogP contribution in [-0.4, -0.2) is 4.98 Å². The summed E-state index contributed by atoms with van der Waals surface area (Å²) in [5, 5.41) is 0. The SMILES string of the molecule is Cc1cc(Br)[nH]c1-c1ccc2c(c1)CCC2. The molecule has 0 radical (unpaired) electrons. The van der Waals surface area contributed by atoms with Gasteiger partial charge in [-0.2, -0.15) is 0 Å². The summed E-state index contributed by atoms with van der Waals surface area (Å²) in [6.45, 7) is 2.14. The number of nitrogens with one attached hydrogen (secondary N) is 1. The van der Waals surface area contributed by atoms with Gasteiger partial charge < -0.3 is 4.98 Å². The lowest BCUT2D eigenvalue weighted by Gasteiger charge is -2.04. The molecule has 0 saturated carbocycles. The molecule has 0 atom stereocenters. The Morgan fingerprint density at radius 3 is 2.69 bits per heavy atom. The van der Waals surface area contributed by atoms with E-state index in [4.69, 9.17) is 0 Å². The molecule has 2 heteroatoms. The maximum Gasteiger partial charge on any atom is 0.0827 e. The molecular formula is C14H14BrN. The highest BCUT2D eigenvalue weighted by atomic mass is 79.9. The Hall–Kier alpha value is -1.02. The van der Waals surface area contributed by atoms with Gasteiger partial charge in [0.25, 0.3) is 0 Å². The Kier molecular flexibility index (Phi) is 2.40. The number of hydrogen-bond acceptors (Lipinski definition) is 0. The molecule has 16 heavy (non-hydrogen) atoms. The van der Waals surface area contributed by atoms with Gasteiger partial charge in [0.15, 0.2) is 0 Å². The number of halogens is 1. The fraction of sp³-hybridized carbons (Fsp3) is 0.286. The van der Waals surface area contributed by atoms with Crippen LogP contribution >= 0.6 is 15.9 Å². The van der Waals surface area contributed by atoms with Crippen molar-refractivity contribution >= 4 is 15.9 Å². The molecule has 2 aromatic rings. The van der Waals surface area contributed by atoms with E-state index in [1.54, 1.807) is 0 Å². The molecule has 3 rings (SSSR count). The van der Waals surface area contributed by atoms with Gasteiger partial charge in [0, 0.05) is 5.69 Å². The van der Waals surface area contributed by atoms with E-state index in [0.717, 1.165) is 4.60 Å². The van der Waals surface area contributed by atoms with Crippen molar-refractivity contribution in [2.24, 2.45) is 0 Å². The summed E-state index contributed by atoms with van der Waals surface area (Å²) in [5.74, 6) is 0. The van der Waals surface area contributed by atoms with E-state index in [1.807, 2.05) is 0 Å². The quantitative estimate of drug-likeness (QED) is 0.801. The first-order chi connectivity index (χ1) is 7.74. The molecule has 1 aromatic heterocycles. The molecule has 0 saturated heterocycles.